The van der Waals surface area contributed by atoms with Crippen molar-refractivity contribution in [1.82, 2.24) is 24.6 Å². The Morgan fingerprint density at radius 1 is 1.06 bits per heavy atom. The van der Waals surface area contributed by atoms with Gasteiger partial charge in [-0.05, 0) is 36.8 Å². The minimum Gasteiger partial charge on any atom is -0.339 e. The number of aryl methyl sites for hydroxylation is 1. The Kier molecular flexibility index (Phi) is 4.93. The smallest absolute Gasteiger partial charge is 0.263 e. The van der Waals surface area contributed by atoms with Crippen LogP contribution in [-0.2, 0) is 0 Å². The summed E-state index contributed by atoms with van der Waals surface area (Å²) in [6.07, 6.45) is 1.51. The van der Waals surface area contributed by atoms with Gasteiger partial charge >= 0.3 is 0 Å². The van der Waals surface area contributed by atoms with Gasteiger partial charge in [0, 0.05) is 31.7 Å². The molecule has 1 N–H and O–H groups in total. The van der Waals surface area contributed by atoms with Crippen molar-refractivity contribution in [2.75, 3.05) is 31.1 Å². The van der Waals surface area contributed by atoms with Crippen LogP contribution in [0.2, 0.25) is 0 Å². The molecule has 8 nitrogen and oxygen atoms in total. The van der Waals surface area contributed by atoms with Crippen LogP contribution in [0.15, 0.2) is 59.5 Å². The molecule has 4 aromatic rings. The molecule has 1 aliphatic rings. The van der Waals surface area contributed by atoms with E-state index >= 15 is 0 Å². The molecule has 1 fully saturated rings. The molecule has 2 aromatic carbocycles. The molecule has 0 atom stereocenters. The van der Waals surface area contributed by atoms with Crippen LogP contribution < -0.4 is 10.5 Å². The Bertz CT molecular complexity index is 1360. The number of nitrogens with zero attached hydrogens (tertiary/aromatic N) is 5. The van der Waals surface area contributed by atoms with Gasteiger partial charge in [0.25, 0.3) is 11.5 Å². The second kappa shape index (κ2) is 7.92. The zero-order chi connectivity index (χ0) is 22.2. The number of hydrogen-bond donors (Lipinski definition) is 1. The number of carbonyl (C=O) groups excluding carboxylic acids is 1. The first-order valence-electron chi connectivity index (χ1n) is 10.3. The number of benzene rings is 2. The van der Waals surface area contributed by atoms with Crippen molar-refractivity contribution in [1.29, 1.82) is 0 Å². The highest BCUT2D eigenvalue weighted by atomic mass is 19.1. The predicted molar refractivity (Wildman–Crippen MR) is 119 cm³/mol. The second-order valence-electron chi connectivity index (χ2n) is 7.76. The van der Waals surface area contributed by atoms with Gasteiger partial charge in [-0.1, -0.05) is 24.3 Å². The Morgan fingerprint density at radius 2 is 1.81 bits per heavy atom. The Balaban J connectivity index is 1.37. The molecular weight excluding hydrogens is 411 g/mol. The van der Waals surface area contributed by atoms with Crippen LogP contribution in [0.4, 0.5) is 10.3 Å². The largest absolute Gasteiger partial charge is 0.339 e. The van der Waals surface area contributed by atoms with E-state index in [2.05, 4.69) is 15.1 Å². The molecule has 32 heavy (non-hydrogen) atoms. The van der Waals surface area contributed by atoms with Crippen LogP contribution in [0.3, 0.4) is 0 Å². The van der Waals surface area contributed by atoms with Gasteiger partial charge in [0.05, 0.1) is 11.9 Å². The SMILES string of the molecule is Cc1ccc(C(=O)N2CCN(c3nc4c(cnn4-c4ccccc4)c(=O)[nH]3)CC2)cc1F. The van der Waals surface area contributed by atoms with Crippen LogP contribution >= 0.6 is 0 Å². The lowest BCUT2D eigenvalue weighted by Gasteiger charge is -2.35. The van der Waals surface area contributed by atoms with Gasteiger partial charge in [-0.15, -0.1) is 0 Å². The van der Waals surface area contributed by atoms with E-state index in [1.54, 1.807) is 28.6 Å². The van der Waals surface area contributed by atoms with E-state index in [1.807, 2.05) is 35.2 Å². The van der Waals surface area contributed by atoms with Crippen LogP contribution in [0.5, 0.6) is 0 Å². The summed E-state index contributed by atoms with van der Waals surface area (Å²) >= 11 is 0. The number of carbonyl (C=O) groups is 1. The Labute approximate surface area is 182 Å². The Morgan fingerprint density at radius 3 is 2.53 bits per heavy atom. The number of aromatic amines is 1. The number of rotatable bonds is 3. The van der Waals surface area contributed by atoms with Crippen molar-refractivity contribution in [2.24, 2.45) is 0 Å². The second-order valence-corrected chi connectivity index (χ2v) is 7.76. The molecule has 0 radical (unpaired) electrons. The average molecular weight is 432 g/mol. The number of H-pyrrole nitrogens is 1. The summed E-state index contributed by atoms with van der Waals surface area (Å²) in [4.78, 5) is 36.5. The van der Waals surface area contributed by atoms with Crippen molar-refractivity contribution < 1.29 is 9.18 Å². The fraction of sp³-hybridized carbons (Fsp3) is 0.217. The summed E-state index contributed by atoms with van der Waals surface area (Å²) in [5, 5.41) is 4.74. The summed E-state index contributed by atoms with van der Waals surface area (Å²) in [5.41, 5.74) is 1.87. The number of fused-ring (bicyclic) bond motifs is 1. The molecule has 0 bridgehead atoms. The predicted octanol–water partition coefficient (Wildman–Crippen LogP) is 2.52. The maximum Gasteiger partial charge on any atom is 0.263 e. The summed E-state index contributed by atoms with van der Waals surface area (Å²) in [6, 6.07) is 14.0. The number of para-hydroxylation sites is 1. The van der Waals surface area contributed by atoms with Crippen LogP contribution in [0, 0.1) is 12.7 Å². The fourth-order valence-electron chi connectivity index (χ4n) is 3.84. The van der Waals surface area contributed by atoms with Crippen LogP contribution in [0.25, 0.3) is 16.7 Å². The third-order valence-electron chi connectivity index (χ3n) is 5.71. The number of piperazine rings is 1. The molecular formula is C23H21FN6O2. The van der Waals surface area contributed by atoms with Gasteiger partial charge in [-0.25, -0.2) is 9.07 Å². The maximum atomic E-state index is 13.9. The van der Waals surface area contributed by atoms with E-state index in [0.717, 1.165) is 5.69 Å². The van der Waals surface area contributed by atoms with E-state index in [-0.39, 0.29) is 17.3 Å². The quantitative estimate of drug-likeness (QED) is 0.538. The first-order valence-corrected chi connectivity index (χ1v) is 10.3. The van der Waals surface area contributed by atoms with Gasteiger partial charge in [0.2, 0.25) is 5.95 Å². The van der Waals surface area contributed by atoms with Crippen molar-refractivity contribution >= 4 is 22.9 Å². The van der Waals surface area contributed by atoms with E-state index in [9.17, 15) is 14.0 Å². The van der Waals surface area contributed by atoms with Crippen molar-refractivity contribution in [3.63, 3.8) is 0 Å². The first kappa shape index (κ1) is 19.9. The summed E-state index contributed by atoms with van der Waals surface area (Å²) in [5.74, 6) is -0.157. The summed E-state index contributed by atoms with van der Waals surface area (Å²) in [6.45, 7) is 3.53. The van der Waals surface area contributed by atoms with E-state index in [4.69, 9.17) is 0 Å². The zero-order valence-corrected chi connectivity index (χ0v) is 17.5. The van der Waals surface area contributed by atoms with E-state index in [1.165, 1.54) is 12.3 Å². The normalized spacial score (nSPS) is 14.2. The highest BCUT2D eigenvalue weighted by Gasteiger charge is 2.24. The topological polar surface area (TPSA) is 87.1 Å². The molecule has 0 saturated carbocycles. The molecule has 3 heterocycles. The fourth-order valence-corrected chi connectivity index (χ4v) is 3.84. The molecule has 1 aliphatic heterocycles. The lowest BCUT2D eigenvalue weighted by atomic mass is 10.1. The van der Waals surface area contributed by atoms with Crippen molar-refractivity contribution in [3.05, 3.63) is 82.0 Å². The van der Waals surface area contributed by atoms with Crippen LogP contribution in [0.1, 0.15) is 15.9 Å². The number of nitrogens with one attached hydrogen (secondary N) is 1. The van der Waals surface area contributed by atoms with Gasteiger partial charge in [0.1, 0.15) is 11.2 Å². The van der Waals surface area contributed by atoms with Gasteiger partial charge in [-0.3, -0.25) is 14.6 Å². The van der Waals surface area contributed by atoms with Crippen molar-refractivity contribution in [3.8, 4) is 5.69 Å². The van der Waals surface area contributed by atoms with Gasteiger partial charge in [-0.2, -0.15) is 10.1 Å². The standard InChI is InChI=1S/C23H21FN6O2/c1-15-7-8-16(13-19(15)24)22(32)28-9-11-29(12-10-28)23-26-20-18(21(31)27-23)14-25-30(20)17-5-3-2-4-6-17/h2-8,13-14H,9-12H2,1H3,(H,26,27,31). The summed E-state index contributed by atoms with van der Waals surface area (Å²) < 4.78 is 15.5. The third kappa shape index (κ3) is 3.51. The van der Waals surface area contributed by atoms with E-state index < -0.39 is 0 Å². The van der Waals surface area contributed by atoms with Gasteiger partial charge in [0.15, 0.2) is 5.65 Å². The molecule has 9 heteroatoms. The number of halogens is 1. The summed E-state index contributed by atoms with van der Waals surface area (Å²) in [7, 11) is 0. The number of hydrogen-bond acceptors (Lipinski definition) is 5. The van der Waals surface area contributed by atoms with E-state index in [0.29, 0.717) is 54.3 Å². The molecule has 0 unspecified atom stereocenters. The van der Waals surface area contributed by atoms with Crippen molar-refractivity contribution in [2.45, 2.75) is 6.92 Å². The third-order valence-corrected chi connectivity index (χ3v) is 5.71. The lowest BCUT2D eigenvalue weighted by Crippen LogP contribution is -2.49. The number of aromatic nitrogens is 4. The molecule has 0 aliphatic carbocycles. The molecule has 0 spiro atoms. The van der Waals surface area contributed by atoms with Crippen LogP contribution in [-0.4, -0.2) is 56.7 Å². The van der Waals surface area contributed by atoms with Gasteiger partial charge < -0.3 is 9.80 Å². The maximum absolute atomic E-state index is 13.9. The zero-order valence-electron chi connectivity index (χ0n) is 17.5. The minimum atomic E-state index is -0.389. The molecule has 1 saturated heterocycles. The Hall–Kier alpha value is -4.01. The minimum absolute atomic E-state index is 0.206. The molecule has 2 aromatic heterocycles. The highest BCUT2D eigenvalue weighted by molar-refractivity contribution is 5.94. The number of anilines is 1. The highest BCUT2D eigenvalue weighted by Crippen LogP contribution is 2.18. The average Bonchev–Trinajstić information content (AvgIpc) is 3.26. The molecule has 1 amide bonds. The number of amides is 1. The first-order chi connectivity index (χ1) is 15.5. The molecule has 5 rings (SSSR count). The molecule has 162 valence electrons. The monoisotopic (exact) mass is 432 g/mol. The lowest BCUT2D eigenvalue weighted by molar-refractivity contribution is 0.0745.